The normalized spacial score (nSPS) is 12.0. The molecule has 12 heteroatoms. The fourth-order valence-electron chi connectivity index (χ4n) is 2.24. The first-order valence-electron chi connectivity index (χ1n) is 9.11. The Labute approximate surface area is 167 Å². The van der Waals surface area contributed by atoms with Gasteiger partial charge in [0.1, 0.15) is 0 Å². The summed E-state index contributed by atoms with van der Waals surface area (Å²) in [7, 11) is 5.01. The summed E-state index contributed by atoms with van der Waals surface area (Å²) in [5.41, 5.74) is 10.7. The standard InChI is InChI=1S/C8H22N2O3Si.C7H20N2O3Si/c1-11-14(12-2,13-3)8-4-6-10-7-5-9;1-10-13(11-2,12-3)7-6-9-5-4-8/h10H,4-9H2,1-3H3;9H,4-8H2,1-3H3. The van der Waals surface area contributed by atoms with Gasteiger partial charge >= 0.3 is 17.6 Å². The molecule has 0 aromatic rings. The molecule has 0 aliphatic heterocycles. The van der Waals surface area contributed by atoms with Crippen molar-refractivity contribution < 1.29 is 26.6 Å². The van der Waals surface area contributed by atoms with Crippen LogP contribution in [0.1, 0.15) is 6.42 Å². The largest absolute Gasteiger partial charge is 0.501 e. The van der Waals surface area contributed by atoms with Gasteiger partial charge in [0, 0.05) is 80.9 Å². The molecule has 166 valence electrons. The SMILES string of the molecule is CO[Si](CCCNCCN)(OC)OC.CO[Si](CCNCCN)(OC)OC. The van der Waals surface area contributed by atoms with Crippen LogP contribution in [-0.2, 0) is 26.6 Å². The second-order valence-electron chi connectivity index (χ2n) is 5.52. The molecular weight excluding hydrogens is 388 g/mol. The van der Waals surface area contributed by atoms with Gasteiger partial charge in [0.2, 0.25) is 0 Å². The van der Waals surface area contributed by atoms with Gasteiger partial charge < -0.3 is 48.7 Å². The number of hydrogen-bond donors (Lipinski definition) is 4. The highest BCUT2D eigenvalue weighted by Gasteiger charge is 2.37. The van der Waals surface area contributed by atoms with E-state index in [1.165, 1.54) is 0 Å². The van der Waals surface area contributed by atoms with Crippen LogP contribution in [0.3, 0.4) is 0 Å². The van der Waals surface area contributed by atoms with E-state index >= 15 is 0 Å². The van der Waals surface area contributed by atoms with Gasteiger partial charge in [-0.05, 0) is 19.5 Å². The van der Waals surface area contributed by atoms with E-state index in [0.717, 1.165) is 44.7 Å². The molecule has 0 aliphatic carbocycles. The van der Waals surface area contributed by atoms with Crippen LogP contribution in [0, 0.1) is 0 Å². The summed E-state index contributed by atoms with van der Waals surface area (Å²) < 4.78 is 31.6. The minimum Gasteiger partial charge on any atom is -0.377 e. The molecule has 0 radical (unpaired) electrons. The second kappa shape index (κ2) is 19.4. The van der Waals surface area contributed by atoms with Gasteiger partial charge in [-0.25, -0.2) is 0 Å². The summed E-state index contributed by atoms with van der Waals surface area (Å²) in [5.74, 6) is 0. The predicted octanol–water partition coefficient (Wildman–Crippen LogP) is -0.784. The molecule has 0 bridgehead atoms. The Balaban J connectivity index is 0. The zero-order valence-corrected chi connectivity index (χ0v) is 20.0. The van der Waals surface area contributed by atoms with Gasteiger partial charge in [0.25, 0.3) is 0 Å². The average molecular weight is 431 g/mol. The average Bonchev–Trinajstić information content (AvgIpc) is 2.72. The molecule has 0 aliphatic rings. The quantitative estimate of drug-likeness (QED) is 0.172. The number of nitrogens with one attached hydrogen (secondary N) is 2. The molecule has 27 heavy (non-hydrogen) atoms. The topological polar surface area (TPSA) is 131 Å². The van der Waals surface area contributed by atoms with Crippen LogP contribution in [0.2, 0.25) is 12.1 Å². The van der Waals surface area contributed by atoms with Crippen molar-refractivity contribution in [3.05, 3.63) is 0 Å². The van der Waals surface area contributed by atoms with Crippen molar-refractivity contribution in [2.45, 2.75) is 18.5 Å². The van der Waals surface area contributed by atoms with Gasteiger partial charge in [-0.3, -0.25) is 0 Å². The van der Waals surface area contributed by atoms with Crippen LogP contribution in [0.5, 0.6) is 0 Å². The lowest BCUT2D eigenvalue weighted by Gasteiger charge is -2.24. The third-order valence-electron chi connectivity index (χ3n) is 3.95. The third-order valence-corrected chi connectivity index (χ3v) is 9.51. The highest BCUT2D eigenvalue weighted by atomic mass is 28.4. The first-order valence-corrected chi connectivity index (χ1v) is 13.0. The molecular formula is C15H42N4O6Si2. The molecule has 0 fully saturated rings. The summed E-state index contributed by atoms with van der Waals surface area (Å²) in [4.78, 5) is 0. The Morgan fingerprint density at radius 3 is 1.30 bits per heavy atom. The summed E-state index contributed by atoms with van der Waals surface area (Å²) in [6.07, 6.45) is 0.974. The van der Waals surface area contributed by atoms with Crippen molar-refractivity contribution in [1.29, 1.82) is 0 Å². The van der Waals surface area contributed by atoms with Crippen molar-refractivity contribution in [2.24, 2.45) is 11.5 Å². The lowest BCUT2D eigenvalue weighted by molar-refractivity contribution is 0.122. The fourth-order valence-corrected chi connectivity index (χ4v) is 5.56. The Morgan fingerprint density at radius 2 is 0.926 bits per heavy atom. The Kier molecular flexibility index (Phi) is 21.0. The molecule has 0 spiro atoms. The minimum atomic E-state index is -2.37. The summed E-state index contributed by atoms with van der Waals surface area (Å²) in [6, 6.07) is 1.59. The molecule has 0 saturated heterocycles. The maximum absolute atomic E-state index is 5.35. The second-order valence-corrected chi connectivity index (χ2v) is 11.7. The van der Waals surface area contributed by atoms with Crippen molar-refractivity contribution >= 4 is 17.6 Å². The molecule has 0 unspecified atom stereocenters. The van der Waals surface area contributed by atoms with E-state index < -0.39 is 17.6 Å². The van der Waals surface area contributed by atoms with Crippen LogP contribution in [0.15, 0.2) is 0 Å². The van der Waals surface area contributed by atoms with Gasteiger partial charge in [0.15, 0.2) is 0 Å². The monoisotopic (exact) mass is 430 g/mol. The lowest BCUT2D eigenvalue weighted by atomic mass is 10.5. The number of hydrogen-bond acceptors (Lipinski definition) is 10. The smallest absolute Gasteiger partial charge is 0.377 e. The van der Waals surface area contributed by atoms with E-state index in [4.69, 9.17) is 38.0 Å². The Morgan fingerprint density at radius 1 is 0.556 bits per heavy atom. The van der Waals surface area contributed by atoms with E-state index in [-0.39, 0.29) is 0 Å². The van der Waals surface area contributed by atoms with Crippen LogP contribution >= 0.6 is 0 Å². The van der Waals surface area contributed by atoms with Crippen molar-refractivity contribution in [1.82, 2.24) is 10.6 Å². The lowest BCUT2D eigenvalue weighted by Crippen LogP contribution is -2.45. The van der Waals surface area contributed by atoms with Crippen LogP contribution in [-0.4, -0.2) is 99.5 Å². The van der Waals surface area contributed by atoms with E-state index in [2.05, 4.69) is 10.6 Å². The molecule has 6 N–H and O–H groups in total. The first kappa shape index (κ1) is 29.2. The van der Waals surface area contributed by atoms with Crippen LogP contribution in [0.4, 0.5) is 0 Å². The third kappa shape index (κ3) is 13.8. The zero-order valence-electron chi connectivity index (χ0n) is 18.0. The summed E-state index contributed by atoms with van der Waals surface area (Å²) >= 11 is 0. The maximum Gasteiger partial charge on any atom is 0.501 e. The van der Waals surface area contributed by atoms with Crippen molar-refractivity contribution in [3.63, 3.8) is 0 Å². The van der Waals surface area contributed by atoms with E-state index in [1.807, 2.05) is 0 Å². The van der Waals surface area contributed by atoms with Crippen LogP contribution < -0.4 is 22.1 Å². The molecule has 0 aromatic heterocycles. The van der Waals surface area contributed by atoms with E-state index in [9.17, 15) is 0 Å². The van der Waals surface area contributed by atoms with Gasteiger partial charge in [-0.2, -0.15) is 0 Å². The van der Waals surface area contributed by atoms with Gasteiger partial charge in [-0.1, -0.05) is 0 Å². The molecule has 0 rings (SSSR count). The van der Waals surface area contributed by atoms with Crippen molar-refractivity contribution in [2.75, 3.05) is 81.9 Å². The molecule has 0 aromatic carbocycles. The highest BCUT2D eigenvalue weighted by molar-refractivity contribution is 6.60. The van der Waals surface area contributed by atoms with Gasteiger partial charge in [-0.15, -0.1) is 0 Å². The summed E-state index contributed by atoms with van der Waals surface area (Å²) in [5, 5.41) is 6.37. The van der Waals surface area contributed by atoms with Gasteiger partial charge in [0.05, 0.1) is 0 Å². The van der Waals surface area contributed by atoms with Crippen molar-refractivity contribution in [3.8, 4) is 0 Å². The Hall–Kier alpha value is 0.0338. The predicted molar refractivity (Wildman–Crippen MR) is 112 cm³/mol. The molecule has 0 heterocycles. The number of rotatable bonds is 17. The molecule has 0 atom stereocenters. The van der Waals surface area contributed by atoms with Crippen LogP contribution in [0.25, 0.3) is 0 Å². The first-order chi connectivity index (χ1) is 13.0. The van der Waals surface area contributed by atoms with E-state index in [0.29, 0.717) is 13.1 Å². The highest BCUT2D eigenvalue weighted by Crippen LogP contribution is 2.14. The zero-order chi connectivity index (χ0) is 21.0. The van der Waals surface area contributed by atoms with E-state index in [1.54, 1.807) is 42.7 Å². The Bertz CT molecular complexity index is 298. The molecule has 0 saturated carbocycles. The molecule has 0 amide bonds. The summed E-state index contributed by atoms with van der Waals surface area (Å²) in [6.45, 7) is 4.69. The molecule has 10 nitrogen and oxygen atoms in total. The fraction of sp³-hybridized carbons (Fsp3) is 1.00. The number of nitrogens with two attached hydrogens (primary N) is 2. The maximum atomic E-state index is 5.35. The minimum absolute atomic E-state index is 0.640.